The third-order valence-corrected chi connectivity index (χ3v) is 4.02. The highest BCUT2D eigenvalue weighted by atomic mass is 16.6. The zero-order valence-electron chi connectivity index (χ0n) is 17.2. The van der Waals surface area contributed by atoms with Crippen LogP contribution in [-0.2, 0) is 9.47 Å². The van der Waals surface area contributed by atoms with Gasteiger partial charge in [0.2, 0.25) is 0 Å². The number of carbonyl (C=O) groups excluding carboxylic acids is 2. The van der Waals surface area contributed by atoms with Crippen LogP contribution < -0.4 is 11.1 Å². The minimum Gasteiger partial charge on any atom is -0.465 e. The molecule has 0 radical (unpaired) electrons. The number of benzene rings is 1. The zero-order valence-corrected chi connectivity index (χ0v) is 17.2. The van der Waals surface area contributed by atoms with Crippen molar-refractivity contribution in [1.82, 2.24) is 10.3 Å². The summed E-state index contributed by atoms with van der Waals surface area (Å²) in [6, 6.07) is 8.22. The average Bonchev–Trinajstić information content (AvgIpc) is 2.65. The van der Waals surface area contributed by atoms with E-state index < -0.39 is 23.7 Å². The van der Waals surface area contributed by atoms with Crippen molar-refractivity contribution in [3.63, 3.8) is 0 Å². The highest BCUT2D eigenvalue weighted by Crippen LogP contribution is 2.29. The number of pyridine rings is 1. The van der Waals surface area contributed by atoms with E-state index in [4.69, 9.17) is 15.2 Å². The number of esters is 1. The van der Waals surface area contributed by atoms with E-state index in [1.165, 1.54) is 7.11 Å². The molecular weight excluding hydrogens is 370 g/mol. The van der Waals surface area contributed by atoms with Gasteiger partial charge in [-0.15, -0.1) is 6.58 Å². The van der Waals surface area contributed by atoms with Crippen LogP contribution in [0.2, 0.25) is 0 Å². The normalized spacial score (nSPS) is 12.0. The van der Waals surface area contributed by atoms with Crippen LogP contribution in [0.3, 0.4) is 0 Å². The van der Waals surface area contributed by atoms with Crippen molar-refractivity contribution >= 4 is 17.7 Å². The number of carbonyl (C=O) groups is 2. The molecule has 1 aromatic heterocycles. The molecule has 2 aromatic rings. The van der Waals surface area contributed by atoms with E-state index in [1.54, 1.807) is 51.2 Å². The minimum absolute atomic E-state index is 0.374. The van der Waals surface area contributed by atoms with Gasteiger partial charge >= 0.3 is 12.1 Å². The fourth-order valence-corrected chi connectivity index (χ4v) is 2.75. The molecule has 2 rings (SSSR count). The molecule has 0 spiro atoms. The second-order valence-corrected chi connectivity index (χ2v) is 7.49. The summed E-state index contributed by atoms with van der Waals surface area (Å²) in [6.07, 6.45) is 3.30. The number of alkyl carbamates (subject to hydrolysis) is 1. The number of hydrogen-bond donors (Lipinski definition) is 2. The molecule has 29 heavy (non-hydrogen) atoms. The molecule has 1 heterocycles. The van der Waals surface area contributed by atoms with E-state index >= 15 is 0 Å². The molecule has 3 N–H and O–H groups in total. The molecule has 7 nitrogen and oxygen atoms in total. The number of aromatic nitrogens is 1. The van der Waals surface area contributed by atoms with Crippen molar-refractivity contribution in [2.75, 3.05) is 12.8 Å². The summed E-state index contributed by atoms with van der Waals surface area (Å²) in [4.78, 5) is 28.3. The molecular formula is C22H27N3O4. The lowest BCUT2D eigenvalue weighted by Gasteiger charge is -2.23. The number of amides is 1. The quantitative estimate of drug-likeness (QED) is 0.429. The molecule has 0 aliphatic carbocycles. The third-order valence-electron chi connectivity index (χ3n) is 4.02. The molecule has 0 unspecified atom stereocenters. The zero-order chi connectivity index (χ0) is 21.6. The molecule has 154 valence electrons. The van der Waals surface area contributed by atoms with Crippen molar-refractivity contribution < 1.29 is 19.1 Å². The largest absolute Gasteiger partial charge is 0.465 e. The number of hydrogen-bond acceptors (Lipinski definition) is 6. The summed E-state index contributed by atoms with van der Waals surface area (Å²) in [7, 11) is 1.32. The number of nitrogens with zero attached hydrogens (tertiary/aromatic N) is 1. The summed E-state index contributed by atoms with van der Waals surface area (Å²) >= 11 is 0. The molecule has 1 amide bonds. The van der Waals surface area contributed by atoms with Crippen molar-refractivity contribution in [3.05, 3.63) is 60.4 Å². The van der Waals surface area contributed by atoms with Gasteiger partial charge in [-0.2, -0.15) is 0 Å². The van der Waals surface area contributed by atoms with Crippen molar-refractivity contribution in [2.45, 2.75) is 38.8 Å². The van der Waals surface area contributed by atoms with Crippen LogP contribution in [0.4, 0.5) is 10.5 Å². The molecule has 0 saturated carbocycles. The Balaban J connectivity index is 2.31. The van der Waals surface area contributed by atoms with Crippen LogP contribution in [0.25, 0.3) is 11.1 Å². The molecule has 0 aliphatic rings. The van der Waals surface area contributed by atoms with Crippen LogP contribution >= 0.6 is 0 Å². The van der Waals surface area contributed by atoms with Crippen molar-refractivity contribution in [2.24, 2.45) is 0 Å². The predicted molar refractivity (Wildman–Crippen MR) is 112 cm³/mol. The lowest BCUT2D eigenvalue weighted by Crippen LogP contribution is -2.35. The van der Waals surface area contributed by atoms with Gasteiger partial charge in [0, 0.05) is 17.4 Å². The Hall–Kier alpha value is -3.35. The van der Waals surface area contributed by atoms with Gasteiger partial charge in [-0.05, 0) is 57.0 Å². The van der Waals surface area contributed by atoms with Crippen molar-refractivity contribution in [3.8, 4) is 11.1 Å². The molecule has 7 heteroatoms. The maximum atomic E-state index is 12.2. The standard InChI is InChI=1S/C22H27N3O4/c1-6-7-18(25-21(27)29-22(2,3)4)19-13-14(10-11-24-19)16-9-8-15(12-17(16)23)20(26)28-5/h6,8-13,18H,1,7,23H2,2-5H3,(H,25,27)/t18-/m0/s1. The predicted octanol–water partition coefficient (Wildman–Crippen LogP) is 4.26. The van der Waals surface area contributed by atoms with Gasteiger partial charge in [-0.25, -0.2) is 9.59 Å². The number of nitrogens with two attached hydrogens (primary N) is 1. The number of rotatable bonds is 6. The smallest absolute Gasteiger partial charge is 0.408 e. The Bertz CT molecular complexity index is 903. The maximum absolute atomic E-state index is 12.2. The van der Waals surface area contributed by atoms with Crippen LogP contribution in [0, 0.1) is 0 Å². The molecule has 0 saturated heterocycles. The van der Waals surface area contributed by atoms with E-state index in [1.807, 2.05) is 12.1 Å². The SMILES string of the molecule is C=CC[C@H](NC(=O)OC(C)(C)C)c1cc(-c2ccc(C(=O)OC)cc2N)ccn1. The van der Waals surface area contributed by atoms with Crippen LogP contribution in [0.15, 0.2) is 49.2 Å². The van der Waals surface area contributed by atoms with Gasteiger partial charge in [0.05, 0.1) is 24.4 Å². The van der Waals surface area contributed by atoms with Crippen LogP contribution in [0.1, 0.15) is 49.3 Å². The fraction of sp³-hybridized carbons (Fsp3) is 0.318. The first kappa shape index (κ1) is 21.9. The van der Waals surface area contributed by atoms with Gasteiger partial charge in [0.15, 0.2) is 0 Å². The summed E-state index contributed by atoms with van der Waals surface area (Å²) in [5.41, 5.74) is 8.55. The maximum Gasteiger partial charge on any atom is 0.408 e. The third kappa shape index (κ3) is 6.07. The van der Waals surface area contributed by atoms with Gasteiger partial charge in [0.1, 0.15) is 5.60 Å². The highest BCUT2D eigenvalue weighted by Gasteiger charge is 2.21. The van der Waals surface area contributed by atoms with E-state index in [0.717, 1.165) is 11.1 Å². The summed E-state index contributed by atoms with van der Waals surface area (Å²) in [5.74, 6) is -0.453. The van der Waals surface area contributed by atoms with Gasteiger partial charge < -0.3 is 20.5 Å². The lowest BCUT2D eigenvalue weighted by molar-refractivity contribution is 0.0502. The van der Waals surface area contributed by atoms with E-state index in [0.29, 0.717) is 23.4 Å². The Morgan fingerprint density at radius 2 is 2.00 bits per heavy atom. The second kappa shape index (κ2) is 9.23. The van der Waals surface area contributed by atoms with Crippen LogP contribution in [-0.4, -0.2) is 29.8 Å². The van der Waals surface area contributed by atoms with E-state index in [9.17, 15) is 9.59 Å². The minimum atomic E-state index is -0.603. The van der Waals surface area contributed by atoms with E-state index in [-0.39, 0.29) is 0 Å². The topological polar surface area (TPSA) is 104 Å². The summed E-state index contributed by atoms with van der Waals surface area (Å²) in [5, 5.41) is 2.83. The van der Waals surface area contributed by atoms with Gasteiger partial charge in [-0.3, -0.25) is 4.98 Å². The molecule has 0 fully saturated rings. The first-order valence-electron chi connectivity index (χ1n) is 9.19. The number of ether oxygens (including phenoxy) is 2. The molecule has 1 atom stereocenters. The summed E-state index contributed by atoms with van der Waals surface area (Å²) < 4.78 is 10.1. The summed E-state index contributed by atoms with van der Waals surface area (Å²) in [6.45, 7) is 9.15. The molecule has 0 bridgehead atoms. The number of methoxy groups -OCH3 is 1. The Labute approximate surface area is 170 Å². The first-order chi connectivity index (χ1) is 13.6. The highest BCUT2D eigenvalue weighted by molar-refractivity contribution is 5.92. The fourth-order valence-electron chi connectivity index (χ4n) is 2.75. The molecule has 0 aliphatic heterocycles. The Kier molecular flexibility index (Phi) is 6.98. The molecule has 1 aromatic carbocycles. The Morgan fingerprint density at radius 3 is 2.59 bits per heavy atom. The number of nitrogens with one attached hydrogen (secondary N) is 1. The first-order valence-corrected chi connectivity index (χ1v) is 9.19. The lowest BCUT2D eigenvalue weighted by atomic mass is 10.00. The average molecular weight is 397 g/mol. The Morgan fingerprint density at radius 1 is 1.28 bits per heavy atom. The monoisotopic (exact) mass is 397 g/mol. The number of nitrogen functional groups attached to an aromatic ring is 1. The van der Waals surface area contributed by atoms with E-state index in [2.05, 4.69) is 16.9 Å². The van der Waals surface area contributed by atoms with Crippen LogP contribution in [0.5, 0.6) is 0 Å². The van der Waals surface area contributed by atoms with Gasteiger partial charge in [0.25, 0.3) is 0 Å². The van der Waals surface area contributed by atoms with Crippen molar-refractivity contribution in [1.29, 1.82) is 0 Å². The number of anilines is 1. The van der Waals surface area contributed by atoms with Gasteiger partial charge in [-0.1, -0.05) is 12.1 Å². The second-order valence-electron chi connectivity index (χ2n) is 7.49.